The Labute approximate surface area is 474 Å². The van der Waals surface area contributed by atoms with Crippen molar-refractivity contribution in [3.8, 4) is 0 Å². The standard InChI is InChI=1S/C67H133N2O6P/c1-6-8-10-12-14-16-18-20-22-24-26-28-30-32-33-34-35-37-39-41-43-45-47-49-51-53-55-57-59-61-67(71)68-65(64-75-76(72,73)74-63-62-69(3,4)5)66(70)60-58-56-54-52-50-48-46-44-42-40-38-36-31-29-27-25-23-21-19-17-15-13-11-9-7-2/h50,52,58,60,65-66,70H,6-49,51,53-57,59,61-64H2,1-5H3,(H-,68,71,72,73)/b52-50+,60-58+. The first kappa shape index (κ1) is 75.0. The smallest absolute Gasteiger partial charge is 0.268 e. The lowest BCUT2D eigenvalue weighted by Crippen LogP contribution is -2.45. The van der Waals surface area contributed by atoms with Crippen molar-refractivity contribution in [1.82, 2.24) is 5.32 Å². The fraction of sp³-hybridized carbons (Fsp3) is 0.925. The molecule has 0 bridgehead atoms. The highest BCUT2D eigenvalue weighted by Gasteiger charge is 2.23. The van der Waals surface area contributed by atoms with Crippen LogP contribution in [-0.2, 0) is 18.4 Å². The van der Waals surface area contributed by atoms with Crippen molar-refractivity contribution < 1.29 is 32.9 Å². The predicted octanol–water partition coefficient (Wildman–Crippen LogP) is 20.5. The van der Waals surface area contributed by atoms with Gasteiger partial charge in [0.15, 0.2) is 0 Å². The Morgan fingerprint density at radius 2 is 0.737 bits per heavy atom. The van der Waals surface area contributed by atoms with Crippen LogP contribution in [0.15, 0.2) is 24.3 Å². The topological polar surface area (TPSA) is 108 Å². The molecule has 0 heterocycles. The number of phosphoric acid groups is 1. The van der Waals surface area contributed by atoms with Crippen molar-refractivity contribution in [1.29, 1.82) is 0 Å². The lowest BCUT2D eigenvalue weighted by Gasteiger charge is -2.29. The number of nitrogens with zero attached hydrogens (tertiary/aromatic N) is 1. The number of allylic oxidation sites excluding steroid dienone is 3. The molecule has 0 fully saturated rings. The van der Waals surface area contributed by atoms with Gasteiger partial charge in [0.05, 0.1) is 39.9 Å². The number of unbranched alkanes of at least 4 members (excludes halogenated alkanes) is 48. The number of phosphoric ester groups is 1. The van der Waals surface area contributed by atoms with Crippen LogP contribution in [0.4, 0.5) is 0 Å². The van der Waals surface area contributed by atoms with Gasteiger partial charge in [-0.1, -0.05) is 334 Å². The van der Waals surface area contributed by atoms with Gasteiger partial charge >= 0.3 is 0 Å². The van der Waals surface area contributed by atoms with E-state index in [-0.39, 0.29) is 19.1 Å². The minimum absolute atomic E-state index is 0.00346. The number of hydrogen-bond donors (Lipinski definition) is 2. The quantitative estimate of drug-likeness (QED) is 0.0272. The number of amides is 1. The number of rotatable bonds is 63. The first-order valence-corrected chi connectivity index (χ1v) is 35.2. The van der Waals surface area contributed by atoms with Gasteiger partial charge in [0, 0.05) is 6.42 Å². The number of carbonyl (C=O) groups is 1. The molecule has 0 aromatic heterocycles. The van der Waals surface area contributed by atoms with Gasteiger partial charge in [0.2, 0.25) is 5.91 Å². The van der Waals surface area contributed by atoms with Gasteiger partial charge in [-0.2, -0.15) is 0 Å². The first-order valence-electron chi connectivity index (χ1n) is 33.7. The number of hydrogen-bond acceptors (Lipinski definition) is 6. The molecule has 9 heteroatoms. The molecule has 3 unspecified atom stereocenters. The molecule has 0 spiro atoms. The van der Waals surface area contributed by atoms with Gasteiger partial charge in [0.1, 0.15) is 13.2 Å². The predicted molar refractivity (Wildman–Crippen MR) is 330 cm³/mol. The van der Waals surface area contributed by atoms with E-state index in [9.17, 15) is 19.4 Å². The number of likely N-dealkylation sites (N-methyl/N-ethyl adjacent to an activating group) is 1. The second kappa shape index (κ2) is 58.6. The highest BCUT2D eigenvalue weighted by Crippen LogP contribution is 2.38. The third kappa shape index (κ3) is 60.6. The van der Waals surface area contributed by atoms with E-state index >= 15 is 0 Å². The van der Waals surface area contributed by atoms with Crippen LogP contribution in [0.25, 0.3) is 0 Å². The van der Waals surface area contributed by atoms with E-state index in [0.717, 1.165) is 38.5 Å². The molecule has 3 atom stereocenters. The van der Waals surface area contributed by atoms with Crippen LogP contribution in [0.1, 0.15) is 348 Å². The van der Waals surface area contributed by atoms with Gasteiger partial charge in [-0.05, 0) is 32.1 Å². The van der Waals surface area contributed by atoms with Gasteiger partial charge in [-0.25, -0.2) is 0 Å². The van der Waals surface area contributed by atoms with E-state index in [4.69, 9.17) is 9.05 Å². The molecule has 2 N–H and O–H groups in total. The molecule has 1 amide bonds. The molecule has 0 radical (unpaired) electrons. The molecular weight excluding hydrogens is 960 g/mol. The molecule has 0 rings (SSSR count). The Bertz CT molecular complexity index is 1290. The van der Waals surface area contributed by atoms with Crippen LogP contribution in [0.3, 0.4) is 0 Å². The maximum Gasteiger partial charge on any atom is 0.268 e. The maximum atomic E-state index is 13.0. The Balaban J connectivity index is 4.09. The van der Waals surface area contributed by atoms with Gasteiger partial charge < -0.3 is 28.8 Å². The van der Waals surface area contributed by atoms with Crippen LogP contribution in [0.2, 0.25) is 0 Å². The lowest BCUT2D eigenvalue weighted by molar-refractivity contribution is -0.870. The second-order valence-corrected chi connectivity index (χ2v) is 25.9. The van der Waals surface area contributed by atoms with Crippen molar-refractivity contribution in [2.45, 2.75) is 360 Å². The fourth-order valence-electron chi connectivity index (χ4n) is 10.4. The molecule has 0 saturated carbocycles. The second-order valence-electron chi connectivity index (χ2n) is 24.5. The Morgan fingerprint density at radius 1 is 0.447 bits per heavy atom. The summed E-state index contributed by atoms with van der Waals surface area (Å²) in [6.45, 7) is 4.69. The molecule has 0 saturated heterocycles. The van der Waals surface area contributed by atoms with Crippen LogP contribution >= 0.6 is 7.82 Å². The van der Waals surface area contributed by atoms with Crippen molar-refractivity contribution in [3.05, 3.63) is 24.3 Å². The van der Waals surface area contributed by atoms with E-state index in [1.54, 1.807) is 6.08 Å². The van der Waals surface area contributed by atoms with Gasteiger partial charge in [-0.3, -0.25) is 9.36 Å². The third-order valence-electron chi connectivity index (χ3n) is 15.7. The average Bonchev–Trinajstić information content (AvgIpc) is 3.38. The minimum atomic E-state index is -4.61. The molecule has 8 nitrogen and oxygen atoms in total. The van der Waals surface area contributed by atoms with Crippen LogP contribution < -0.4 is 10.2 Å². The number of aliphatic hydroxyl groups is 1. The number of carbonyl (C=O) groups excluding carboxylic acids is 1. The van der Waals surface area contributed by atoms with E-state index in [2.05, 4.69) is 31.3 Å². The number of nitrogens with one attached hydrogen (secondary N) is 1. The zero-order valence-electron chi connectivity index (χ0n) is 51.7. The van der Waals surface area contributed by atoms with Crippen LogP contribution in [0, 0.1) is 0 Å². The Morgan fingerprint density at radius 3 is 1.07 bits per heavy atom. The van der Waals surface area contributed by atoms with Crippen LogP contribution in [0.5, 0.6) is 0 Å². The largest absolute Gasteiger partial charge is 0.756 e. The Hall–Kier alpha value is -1.02. The summed E-state index contributed by atoms with van der Waals surface area (Å²) in [5.74, 6) is -0.199. The summed E-state index contributed by atoms with van der Waals surface area (Å²) >= 11 is 0. The fourth-order valence-corrected chi connectivity index (χ4v) is 11.1. The summed E-state index contributed by atoms with van der Waals surface area (Å²) in [6.07, 6.45) is 75.8. The highest BCUT2D eigenvalue weighted by molar-refractivity contribution is 7.45. The average molecular weight is 1090 g/mol. The molecule has 0 aliphatic heterocycles. The summed E-state index contributed by atoms with van der Waals surface area (Å²) in [5, 5.41) is 13.9. The van der Waals surface area contributed by atoms with Crippen molar-refractivity contribution in [2.24, 2.45) is 0 Å². The number of aliphatic hydroxyl groups excluding tert-OH is 1. The van der Waals surface area contributed by atoms with E-state index < -0.39 is 20.0 Å². The minimum Gasteiger partial charge on any atom is -0.756 e. The van der Waals surface area contributed by atoms with Gasteiger partial charge in [-0.15, -0.1) is 0 Å². The Kier molecular flexibility index (Phi) is 57.8. The SMILES string of the molecule is CCCCCCCCCCCCCCCCCCCCC/C=C/CC/C=C/C(O)C(COP(=O)([O-])OCC[N+](C)(C)C)NC(=O)CCCCCCCCCCCCCCCCCCCCCCCCCCCCCCC. The molecule has 0 aliphatic rings. The normalized spacial score (nSPS) is 13.8. The van der Waals surface area contributed by atoms with Gasteiger partial charge in [0.25, 0.3) is 7.82 Å². The van der Waals surface area contributed by atoms with E-state index in [1.807, 2.05) is 27.2 Å². The molecular formula is C67H133N2O6P. The lowest BCUT2D eigenvalue weighted by atomic mass is 10.0. The molecule has 0 aromatic rings. The van der Waals surface area contributed by atoms with Crippen LogP contribution in [-0.4, -0.2) is 68.5 Å². The van der Waals surface area contributed by atoms with Crippen molar-refractivity contribution in [2.75, 3.05) is 40.9 Å². The summed E-state index contributed by atoms with van der Waals surface area (Å²) in [5.41, 5.74) is 0. The summed E-state index contributed by atoms with van der Waals surface area (Å²) in [4.78, 5) is 25.6. The zero-order valence-corrected chi connectivity index (χ0v) is 52.6. The summed E-state index contributed by atoms with van der Waals surface area (Å²) in [6, 6.07) is -0.901. The van der Waals surface area contributed by atoms with Crippen molar-refractivity contribution >= 4 is 13.7 Å². The summed E-state index contributed by atoms with van der Waals surface area (Å²) in [7, 11) is 1.26. The van der Waals surface area contributed by atoms with Crippen molar-refractivity contribution in [3.63, 3.8) is 0 Å². The molecule has 0 aliphatic carbocycles. The van der Waals surface area contributed by atoms with E-state index in [0.29, 0.717) is 17.4 Å². The molecule has 0 aromatic carbocycles. The molecule has 76 heavy (non-hydrogen) atoms. The van der Waals surface area contributed by atoms with E-state index in [1.165, 1.54) is 289 Å². The third-order valence-corrected chi connectivity index (χ3v) is 16.6. The first-order chi connectivity index (χ1) is 37.0. The number of quaternary nitrogens is 1. The maximum absolute atomic E-state index is 13.0. The monoisotopic (exact) mass is 1090 g/mol. The molecule has 452 valence electrons. The summed E-state index contributed by atoms with van der Waals surface area (Å²) < 4.78 is 23.4. The highest BCUT2D eigenvalue weighted by atomic mass is 31.2. The zero-order chi connectivity index (χ0) is 55.6.